The zero-order valence-electron chi connectivity index (χ0n) is 14.6. The number of hydrogen-bond donors (Lipinski definition) is 2. The summed E-state index contributed by atoms with van der Waals surface area (Å²) in [6.45, 7) is 0. The number of para-hydroxylation sites is 1. The van der Waals surface area contributed by atoms with Gasteiger partial charge in [0.15, 0.2) is 0 Å². The van der Waals surface area contributed by atoms with Crippen molar-refractivity contribution in [1.82, 2.24) is 9.78 Å². The van der Waals surface area contributed by atoms with Gasteiger partial charge in [-0.2, -0.15) is 5.10 Å². The molecule has 0 saturated heterocycles. The number of carbonyl (C=O) groups is 2. The van der Waals surface area contributed by atoms with Crippen LogP contribution in [0.2, 0.25) is 0 Å². The molecule has 0 unspecified atom stereocenters. The topological polar surface area (TPSA) is 85.2 Å². The van der Waals surface area contributed by atoms with Crippen molar-refractivity contribution in [2.45, 2.75) is 0 Å². The summed E-state index contributed by atoms with van der Waals surface area (Å²) in [5, 5.41) is 9.56. The molecule has 27 heavy (non-hydrogen) atoms. The average molecular weight is 362 g/mol. The van der Waals surface area contributed by atoms with Gasteiger partial charge >= 0.3 is 6.09 Å². The lowest BCUT2D eigenvalue weighted by atomic mass is 10.2. The minimum Gasteiger partial charge on any atom is -0.453 e. The summed E-state index contributed by atoms with van der Waals surface area (Å²) in [4.78, 5) is 23.2. The summed E-state index contributed by atoms with van der Waals surface area (Å²) in [7, 11) is 1.29. The first-order chi connectivity index (χ1) is 13.1. The number of aromatic nitrogens is 2. The van der Waals surface area contributed by atoms with E-state index in [1.165, 1.54) is 13.2 Å². The number of rotatable bonds is 5. The van der Waals surface area contributed by atoms with Gasteiger partial charge in [0.1, 0.15) is 0 Å². The molecule has 1 heterocycles. The van der Waals surface area contributed by atoms with Crippen molar-refractivity contribution in [3.8, 4) is 5.69 Å². The summed E-state index contributed by atoms with van der Waals surface area (Å²) >= 11 is 0. The molecule has 0 aliphatic rings. The highest BCUT2D eigenvalue weighted by molar-refractivity contribution is 6.02. The van der Waals surface area contributed by atoms with Gasteiger partial charge in [0.2, 0.25) is 5.91 Å². The summed E-state index contributed by atoms with van der Waals surface area (Å²) in [5.74, 6) is -0.267. The number of benzene rings is 2. The summed E-state index contributed by atoms with van der Waals surface area (Å²) in [5.41, 5.74) is 2.94. The SMILES string of the molecule is COC(=O)Nc1ccc(NC(=O)/C=C\c2cnn(-c3ccccc3)c2)cc1. The van der Waals surface area contributed by atoms with Crippen molar-refractivity contribution in [2.24, 2.45) is 0 Å². The standard InChI is InChI=1S/C20H18N4O3/c1-27-20(26)23-17-10-8-16(9-11-17)22-19(25)12-7-15-13-21-24(14-15)18-5-3-2-4-6-18/h2-14H,1H3,(H,22,25)(H,23,26)/b12-7-. The van der Waals surface area contributed by atoms with E-state index >= 15 is 0 Å². The van der Waals surface area contributed by atoms with Crippen LogP contribution < -0.4 is 10.6 Å². The second-order valence-corrected chi connectivity index (χ2v) is 5.57. The highest BCUT2D eigenvalue weighted by Gasteiger charge is 2.03. The minimum atomic E-state index is -0.550. The fourth-order valence-electron chi connectivity index (χ4n) is 2.31. The van der Waals surface area contributed by atoms with Gasteiger partial charge in [-0.15, -0.1) is 0 Å². The maximum atomic E-state index is 12.1. The molecule has 3 rings (SSSR count). The normalized spacial score (nSPS) is 10.6. The summed E-state index contributed by atoms with van der Waals surface area (Å²) in [6, 6.07) is 16.4. The second kappa shape index (κ2) is 8.48. The Balaban J connectivity index is 1.57. The highest BCUT2D eigenvalue weighted by atomic mass is 16.5. The van der Waals surface area contributed by atoms with Crippen molar-refractivity contribution in [3.63, 3.8) is 0 Å². The largest absolute Gasteiger partial charge is 0.453 e. The molecule has 1 aromatic heterocycles. The summed E-state index contributed by atoms with van der Waals surface area (Å²) < 4.78 is 6.26. The predicted octanol–water partition coefficient (Wildman–Crippen LogP) is 3.70. The van der Waals surface area contributed by atoms with Gasteiger partial charge in [0, 0.05) is 29.2 Å². The zero-order chi connectivity index (χ0) is 19.1. The maximum absolute atomic E-state index is 12.1. The van der Waals surface area contributed by atoms with E-state index in [1.807, 2.05) is 36.5 Å². The Hall–Kier alpha value is -3.87. The molecular formula is C20H18N4O3. The van der Waals surface area contributed by atoms with Gasteiger partial charge < -0.3 is 10.1 Å². The molecule has 0 saturated carbocycles. The zero-order valence-corrected chi connectivity index (χ0v) is 14.6. The van der Waals surface area contributed by atoms with E-state index in [0.29, 0.717) is 11.4 Å². The number of nitrogens with one attached hydrogen (secondary N) is 2. The molecule has 0 aliphatic heterocycles. The molecular weight excluding hydrogens is 344 g/mol. The van der Waals surface area contributed by atoms with Crippen LogP contribution in [-0.4, -0.2) is 28.9 Å². The maximum Gasteiger partial charge on any atom is 0.411 e. The van der Waals surface area contributed by atoms with Crippen LogP contribution in [0.5, 0.6) is 0 Å². The Morgan fingerprint density at radius 1 is 1.00 bits per heavy atom. The molecule has 0 aliphatic carbocycles. The van der Waals surface area contributed by atoms with Crippen molar-refractivity contribution in [3.05, 3.63) is 78.6 Å². The summed E-state index contributed by atoms with van der Waals surface area (Å²) in [6.07, 6.45) is 6.10. The van der Waals surface area contributed by atoms with Crippen LogP contribution in [0.25, 0.3) is 11.8 Å². The molecule has 2 amide bonds. The van der Waals surface area contributed by atoms with Crippen molar-refractivity contribution in [2.75, 3.05) is 17.7 Å². The van der Waals surface area contributed by atoms with Crippen molar-refractivity contribution in [1.29, 1.82) is 0 Å². The molecule has 0 bridgehead atoms. The van der Waals surface area contributed by atoms with Crippen LogP contribution in [0, 0.1) is 0 Å². The molecule has 7 heteroatoms. The van der Waals surface area contributed by atoms with E-state index in [2.05, 4.69) is 20.5 Å². The Morgan fingerprint density at radius 3 is 2.33 bits per heavy atom. The van der Waals surface area contributed by atoms with E-state index in [1.54, 1.807) is 41.2 Å². The monoisotopic (exact) mass is 362 g/mol. The van der Waals surface area contributed by atoms with Crippen LogP contribution in [0.3, 0.4) is 0 Å². The van der Waals surface area contributed by atoms with Gasteiger partial charge in [-0.3, -0.25) is 10.1 Å². The Labute approximate surface area is 156 Å². The van der Waals surface area contributed by atoms with E-state index in [0.717, 1.165) is 11.3 Å². The molecule has 3 aromatic rings. The van der Waals surface area contributed by atoms with E-state index in [4.69, 9.17) is 0 Å². The number of amides is 2. The molecule has 0 fully saturated rings. The lowest BCUT2D eigenvalue weighted by Crippen LogP contribution is -2.11. The number of methoxy groups -OCH3 is 1. The van der Waals surface area contributed by atoms with Crippen LogP contribution in [-0.2, 0) is 9.53 Å². The van der Waals surface area contributed by atoms with Crippen LogP contribution in [0.4, 0.5) is 16.2 Å². The molecule has 7 nitrogen and oxygen atoms in total. The van der Waals surface area contributed by atoms with E-state index in [9.17, 15) is 9.59 Å². The fourth-order valence-corrected chi connectivity index (χ4v) is 2.31. The third-order valence-corrected chi connectivity index (χ3v) is 3.63. The third-order valence-electron chi connectivity index (χ3n) is 3.63. The first-order valence-electron chi connectivity index (χ1n) is 8.18. The molecule has 136 valence electrons. The molecule has 0 radical (unpaired) electrons. The number of hydrogen-bond acceptors (Lipinski definition) is 4. The highest BCUT2D eigenvalue weighted by Crippen LogP contribution is 2.14. The van der Waals surface area contributed by atoms with Gasteiger partial charge in [-0.1, -0.05) is 18.2 Å². The number of ether oxygens (including phenoxy) is 1. The van der Waals surface area contributed by atoms with Gasteiger partial charge in [-0.25, -0.2) is 9.48 Å². The van der Waals surface area contributed by atoms with E-state index < -0.39 is 6.09 Å². The molecule has 0 atom stereocenters. The predicted molar refractivity (Wildman–Crippen MR) is 104 cm³/mol. The van der Waals surface area contributed by atoms with Crippen LogP contribution in [0.1, 0.15) is 5.56 Å². The minimum absolute atomic E-state index is 0.267. The fraction of sp³-hybridized carbons (Fsp3) is 0.0500. The molecule has 2 N–H and O–H groups in total. The Morgan fingerprint density at radius 2 is 1.67 bits per heavy atom. The van der Waals surface area contributed by atoms with Crippen molar-refractivity contribution < 1.29 is 14.3 Å². The van der Waals surface area contributed by atoms with Gasteiger partial charge in [0.25, 0.3) is 0 Å². The first-order valence-corrected chi connectivity index (χ1v) is 8.18. The smallest absolute Gasteiger partial charge is 0.411 e. The molecule has 2 aromatic carbocycles. The van der Waals surface area contributed by atoms with Crippen LogP contribution >= 0.6 is 0 Å². The lowest BCUT2D eigenvalue weighted by Gasteiger charge is -2.05. The van der Waals surface area contributed by atoms with Crippen LogP contribution in [0.15, 0.2) is 73.1 Å². The second-order valence-electron chi connectivity index (χ2n) is 5.57. The van der Waals surface area contributed by atoms with Crippen molar-refractivity contribution >= 4 is 29.5 Å². The quantitative estimate of drug-likeness (QED) is 0.678. The number of carbonyl (C=O) groups excluding carboxylic acids is 2. The number of nitrogens with zero attached hydrogens (tertiary/aromatic N) is 2. The third kappa shape index (κ3) is 5.05. The number of anilines is 2. The Kier molecular flexibility index (Phi) is 5.64. The van der Waals surface area contributed by atoms with E-state index in [-0.39, 0.29) is 5.91 Å². The Bertz CT molecular complexity index is 947. The van der Waals surface area contributed by atoms with Gasteiger partial charge in [-0.05, 0) is 42.5 Å². The lowest BCUT2D eigenvalue weighted by molar-refractivity contribution is -0.111. The average Bonchev–Trinajstić information content (AvgIpc) is 3.17. The molecule has 0 spiro atoms. The van der Waals surface area contributed by atoms with Gasteiger partial charge in [0.05, 0.1) is 19.0 Å². The first kappa shape index (κ1) is 17.9.